The summed E-state index contributed by atoms with van der Waals surface area (Å²) < 4.78 is 0. The summed E-state index contributed by atoms with van der Waals surface area (Å²) in [4.78, 5) is 0. The van der Waals surface area contributed by atoms with E-state index in [1.165, 1.54) is 25.7 Å². The summed E-state index contributed by atoms with van der Waals surface area (Å²) >= 11 is 0. The highest BCUT2D eigenvalue weighted by atomic mass is 14.0. The van der Waals surface area contributed by atoms with Crippen LogP contribution in [0.5, 0.6) is 0 Å². The molecule has 0 saturated carbocycles. The molecule has 0 heteroatoms. The molecule has 0 aromatic carbocycles. The van der Waals surface area contributed by atoms with Crippen LogP contribution in [0, 0.1) is 11.8 Å². The van der Waals surface area contributed by atoms with Crippen molar-refractivity contribution in [2.24, 2.45) is 11.8 Å². The first-order valence-corrected chi connectivity index (χ1v) is 5.68. The van der Waals surface area contributed by atoms with Crippen LogP contribution < -0.4 is 0 Å². The molecule has 0 fully saturated rings. The minimum atomic E-state index is 0.806. The van der Waals surface area contributed by atoms with Crippen LogP contribution in [0.3, 0.4) is 0 Å². The van der Waals surface area contributed by atoms with Crippen molar-refractivity contribution in [3.8, 4) is 0 Å². The molecule has 0 N–H and O–H groups in total. The van der Waals surface area contributed by atoms with Crippen LogP contribution in [0.4, 0.5) is 0 Å². The van der Waals surface area contributed by atoms with Crippen molar-refractivity contribution in [3.05, 3.63) is 11.6 Å². The van der Waals surface area contributed by atoms with Crippen molar-refractivity contribution in [1.82, 2.24) is 0 Å². The lowest BCUT2D eigenvalue weighted by Gasteiger charge is -2.05. The molecule has 0 saturated heterocycles. The zero-order valence-electron chi connectivity index (χ0n) is 10.1. The van der Waals surface area contributed by atoms with Crippen LogP contribution in [0.15, 0.2) is 11.6 Å². The SMILES string of the molecule is C/C(=C\CC(C)C)CCCC(C)C. The first-order valence-electron chi connectivity index (χ1n) is 5.68. The topological polar surface area (TPSA) is 0 Å². The van der Waals surface area contributed by atoms with Crippen molar-refractivity contribution in [2.75, 3.05) is 0 Å². The average molecular weight is 182 g/mol. The second-order valence-corrected chi connectivity index (χ2v) is 4.97. The van der Waals surface area contributed by atoms with E-state index in [-0.39, 0.29) is 0 Å². The quantitative estimate of drug-likeness (QED) is 0.517. The van der Waals surface area contributed by atoms with Gasteiger partial charge in [0.05, 0.1) is 0 Å². The van der Waals surface area contributed by atoms with Gasteiger partial charge in [0, 0.05) is 0 Å². The molecule has 13 heavy (non-hydrogen) atoms. The molecule has 0 unspecified atom stereocenters. The van der Waals surface area contributed by atoms with Crippen LogP contribution in [0.25, 0.3) is 0 Å². The fraction of sp³-hybridized carbons (Fsp3) is 0.846. The van der Waals surface area contributed by atoms with Gasteiger partial charge >= 0.3 is 0 Å². The fourth-order valence-electron chi connectivity index (χ4n) is 1.33. The highest BCUT2D eigenvalue weighted by Crippen LogP contribution is 2.13. The molecular weight excluding hydrogens is 156 g/mol. The summed E-state index contributed by atoms with van der Waals surface area (Å²) in [6.45, 7) is 11.4. The fourth-order valence-corrected chi connectivity index (χ4v) is 1.33. The lowest BCUT2D eigenvalue weighted by atomic mass is 10.0. The Bertz CT molecular complexity index is 140. The van der Waals surface area contributed by atoms with Gasteiger partial charge in [-0.25, -0.2) is 0 Å². The van der Waals surface area contributed by atoms with Crippen LogP contribution in [-0.4, -0.2) is 0 Å². The van der Waals surface area contributed by atoms with E-state index in [9.17, 15) is 0 Å². The van der Waals surface area contributed by atoms with Crippen molar-refractivity contribution >= 4 is 0 Å². The summed E-state index contributed by atoms with van der Waals surface area (Å²) in [5.41, 5.74) is 1.58. The van der Waals surface area contributed by atoms with Gasteiger partial charge in [-0.15, -0.1) is 0 Å². The van der Waals surface area contributed by atoms with Crippen LogP contribution in [0.1, 0.15) is 60.3 Å². The molecule has 0 atom stereocenters. The van der Waals surface area contributed by atoms with Gasteiger partial charge in [-0.3, -0.25) is 0 Å². The van der Waals surface area contributed by atoms with Gasteiger partial charge < -0.3 is 0 Å². The van der Waals surface area contributed by atoms with E-state index < -0.39 is 0 Å². The van der Waals surface area contributed by atoms with E-state index in [0.717, 1.165) is 11.8 Å². The normalized spacial score (nSPS) is 13.0. The van der Waals surface area contributed by atoms with Crippen molar-refractivity contribution in [1.29, 1.82) is 0 Å². The average Bonchev–Trinajstić information content (AvgIpc) is 2.00. The molecule has 0 amide bonds. The molecule has 0 aliphatic carbocycles. The predicted octanol–water partition coefficient (Wildman–Crippen LogP) is 4.81. The van der Waals surface area contributed by atoms with Gasteiger partial charge in [0.1, 0.15) is 0 Å². The Balaban J connectivity index is 3.49. The van der Waals surface area contributed by atoms with Gasteiger partial charge in [0.15, 0.2) is 0 Å². The van der Waals surface area contributed by atoms with Crippen LogP contribution >= 0.6 is 0 Å². The van der Waals surface area contributed by atoms with Gasteiger partial charge in [-0.1, -0.05) is 45.8 Å². The third kappa shape index (κ3) is 9.66. The molecule has 0 bridgehead atoms. The molecule has 78 valence electrons. The first kappa shape index (κ1) is 12.7. The number of hydrogen-bond acceptors (Lipinski definition) is 0. The number of rotatable bonds is 6. The second-order valence-electron chi connectivity index (χ2n) is 4.97. The summed E-state index contributed by atoms with van der Waals surface area (Å²) in [6, 6.07) is 0. The summed E-state index contributed by atoms with van der Waals surface area (Å²) in [7, 11) is 0. The highest BCUT2D eigenvalue weighted by molar-refractivity contribution is 4.97. The van der Waals surface area contributed by atoms with Crippen molar-refractivity contribution in [3.63, 3.8) is 0 Å². The zero-order chi connectivity index (χ0) is 10.3. The maximum Gasteiger partial charge on any atom is -0.0323 e. The molecule has 0 spiro atoms. The standard InChI is InChI=1S/C13H26/c1-11(2)7-6-8-13(5)10-9-12(3)4/h10-12H,6-9H2,1-5H3/b13-10+. The minimum absolute atomic E-state index is 0.806. The van der Waals surface area contributed by atoms with E-state index in [4.69, 9.17) is 0 Å². The van der Waals surface area contributed by atoms with E-state index in [0.29, 0.717) is 0 Å². The Hall–Kier alpha value is -0.260. The maximum absolute atomic E-state index is 2.41. The molecule has 0 heterocycles. The lowest BCUT2D eigenvalue weighted by molar-refractivity contribution is 0.553. The summed E-state index contributed by atoms with van der Waals surface area (Å²) in [6.07, 6.45) is 7.67. The Labute approximate surface area is 84.4 Å². The van der Waals surface area contributed by atoms with Crippen LogP contribution in [0.2, 0.25) is 0 Å². The molecule has 0 nitrogen and oxygen atoms in total. The number of hydrogen-bond donors (Lipinski definition) is 0. The third-order valence-corrected chi connectivity index (χ3v) is 2.29. The molecule has 0 aromatic rings. The van der Waals surface area contributed by atoms with Gasteiger partial charge in [0.2, 0.25) is 0 Å². The smallest absolute Gasteiger partial charge is 0.0323 e. The largest absolute Gasteiger partial charge is 0.0854 e. The molecule has 0 aliphatic rings. The van der Waals surface area contributed by atoms with Crippen molar-refractivity contribution < 1.29 is 0 Å². The summed E-state index contributed by atoms with van der Waals surface area (Å²) in [5, 5.41) is 0. The lowest BCUT2D eigenvalue weighted by Crippen LogP contribution is -1.89. The molecule has 0 rings (SSSR count). The maximum atomic E-state index is 2.41. The molecule has 0 aliphatic heterocycles. The highest BCUT2D eigenvalue weighted by Gasteiger charge is 1.96. The zero-order valence-corrected chi connectivity index (χ0v) is 10.1. The van der Waals surface area contributed by atoms with Crippen LogP contribution in [-0.2, 0) is 0 Å². The van der Waals surface area contributed by atoms with Crippen molar-refractivity contribution in [2.45, 2.75) is 60.3 Å². The Morgan fingerprint density at radius 2 is 1.69 bits per heavy atom. The van der Waals surface area contributed by atoms with Gasteiger partial charge in [-0.05, 0) is 38.0 Å². The second kappa shape index (κ2) is 7.17. The van der Waals surface area contributed by atoms with E-state index >= 15 is 0 Å². The first-order chi connectivity index (χ1) is 6.02. The molecular formula is C13H26. The molecule has 0 radical (unpaired) electrons. The Morgan fingerprint density at radius 3 is 2.15 bits per heavy atom. The van der Waals surface area contributed by atoms with Gasteiger partial charge in [0.25, 0.3) is 0 Å². The van der Waals surface area contributed by atoms with Gasteiger partial charge in [-0.2, -0.15) is 0 Å². The Morgan fingerprint density at radius 1 is 1.08 bits per heavy atom. The van der Waals surface area contributed by atoms with E-state index in [1.54, 1.807) is 5.57 Å². The third-order valence-electron chi connectivity index (χ3n) is 2.29. The molecule has 0 aromatic heterocycles. The predicted molar refractivity (Wildman–Crippen MR) is 61.9 cm³/mol. The number of allylic oxidation sites excluding steroid dienone is 2. The monoisotopic (exact) mass is 182 g/mol. The summed E-state index contributed by atoms with van der Waals surface area (Å²) in [5.74, 6) is 1.66. The van der Waals surface area contributed by atoms with E-state index in [2.05, 4.69) is 40.7 Å². The minimum Gasteiger partial charge on any atom is -0.0854 e. The Kier molecular flexibility index (Phi) is 7.03. The van der Waals surface area contributed by atoms with E-state index in [1.807, 2.05) is 0 Å².